The lowest BCUT2D eigenvalue weighted by Gasteiger charge is -2.07. The first-order chi connectivity index (χ1) is 7.77. The molecule has 0 bridgehead atoms. The maximum Gasteiger partial charge on any atom is 0.255 e. The van der Waals surface area contributed by atoms with Crippen molar-refractivity contribution in [2.45, 2.75) is 33.1 Å². The van der Waals surface area contributed by atoms with Crippen molar-refractivity contribution in [3.8, 4) is 5.88 Å². The summed E-state index contributed by atoms with van der Waals surface area (Å²) in [6, 6.07) is 0. The minimum absolute atomic E-state index is 0.0297. The summed E-state index contributed by atoms with van der Waals surface area (Å²) in [4.78, 5) is 7.79. The van der Waals surface area contributed by atoms with Crippen molar-refractivity contribution >= 4 is 5.95 Å². The van der Waals surface area contributed by atoms with Crippen molar-refractivity contribution in [1.29, 1.82) is 0 Å². The van der Waals surface area contributed by atoms with Crippen LogP contribution in [0.2, 0.25) is 0 Å². The maximum atomic E-state index is 13.2. The first-order valence-electron chi connectivity index (χ1n) is 5.67. The van der Waals surface area contributed by atoms with E-state index in [0.717, 1.165) is 32.0 Å². The molecule has 0 aliphatic carbocycles. The Morgan fingerprint density at radius 3 is 2.88 bits per heavy atom. The Morgan fingerprint density at radius 1 is 1.38 bits per heavy atom. The number of ether oxygens (including phenoxy) is 1. The van der Waals surface area contributed by atoms with Gasteiger partial charge in [0.05, 0.1) is 12.8 Å². The molecule has 4 nitrogen and oxygen atoms in total. The minimum Gasteiger partial charge on any atom is -0.475 e. The van der Waals surface area contributed by atoms with Gasteiger partial charge in [0.2, 0.25) is 11.8 Å². The van der Waals surface area contributed by atoms with Crippen molar-refractivity contribution in [1.82, 2.24) is 9.97 Å². The molecule has 0 atom stereocenters. The quantitative estimate of drug-likeness (QED) is 0.727. The van der Waals surface area contributed by atoms with Gasteiger partial charge in [0.1, 0.15) is 0 Å². The second-order valence-electron chi connectivity index (χ2n) is 3.48. The second kappa shape index (κ2) is 6.98. The Labute approximate surface area is 95.3 Å². The molecule has 16 heavy (non-hydrogen) atoms. The van der Waals surface area contributed by atoms with Gasteiger partial charge in [-0.25, -0.2) is 4.98 Å². The van der Waals surface area contributed by atoms with Gasteiger partial charge >= 0.3 is 0 Å². The molecular formula is C11H18FN3O. The molecule has 1 heterocycles. The molecular weight excluding hydrogens is 209 g/mol. The lowest BCUT2D eigenvalue weighted by Crippen LogP contribution is -2.07. The monoisotopic (exact) mass is 227 g/mol. The highest BCUT2D eigenvalue weighted by Crippen LogP contribution is 2.14. The molecule has 0 amide bonds. The van der Waals surface area contributed by atoms with Crippen molar-refractivity contribution < 1.29 is 9.13 Å². The van der Waals surface area contributed by atoms with Gasteiger partial charge in [-0.15, -0.1) is 0 Å². The van der Waals surface area contributed by atoms with Crippen LogP contribution in [0.1, 0.15) is 33.1 Å². The van der Waals surface area contributed by atoms with E-state index in [2.05, 4.69) is 15.3 Å². The fourth-order valence-electron chi connectivity index (χ4n) is 1.09. The van der Waals surface area contributed by atoms with Crippen LogP contribution in [-0.2, 0) is 0 Å². The number of nitrogens with one attached hydrogen (secondary N) is 1. The lowest BCUT2D eigenvalue weighted by molar-refractivity contribution is 0.281. The Balaban J connectivity index is 2.59. The topological polar surface area (TPSA) is 47.0 Å². The van der Waals surface area contributed by atoms with E-state index in [1.54, 1.807) is 0 Å². The predicted octanol–water partition coefficient (Wildman–Crippen LogP) is 2.62. The van der Waals surface area contributed by atoms with Crippen molar-refractivity contribution in [2.75, 3.05) is 18.5 Å². The summed E-state index contributed by atoms with van der Waals surface area (Å²) < 4.78 is 18.5. The molecule has 0 radical (unpaired) electrons. The van der Waals surface area contributed by atoms with Gasteiger partial charge in [0.25, 0.3) is 5.88 Å². The zero-order chi connectivity index (χ0) is 11.8. The summed E-state index contributed by atoms with van der Waals surface area (Å²) in [5.74, 6) is -0.0741. The number of hydrogen-bond donors (Lipinski definition) is 1. The highest BCUT2D eigenvalue weighted by Gasteiger charge is 2.07. The number of unbranched alkanes of at least 4 members (excludes halogenated alkanes) is 1. The Hall–Kier alpha value is -1.39. The minimum atomic E-state index is -0.516. The lowest BCUT2D eigenvalue weighted by atomic mass is 10.4. The molecule has 1 aromatic heterocycles. The predicted molar refractivity (Wildman–Crippen MR) is 61.2 cm³/mol. The number of hydrogen-bond acceptors (Lipinski definition) is 4. The molecule has 0 saturated heterocycles. The summed E-state index contributed by atoms with van der Waals surface area (Å²) in [5.41, 5.74) is 0. The SMILES string of the molecule is CCCCOc1nc(NCCC)ncc1F. The van der Waals surface area contributed by atoms with E-state index in [1.165, 1.54) is 0 Å². The molecule has 90 valence electrons. The molecule has 5 heteroatoms. The van der Waals surface area contributed by atoms with Crippen LogP contribution in [0.3, 0.4) is 0 Å². The van der Waals surface area contributed by atoms with Crippen LogP contribution in [0.15, 0.2) is 6.20 Å². The molecule has 0 aromatic carbocycles. The van der Waals surface area contributed by atoms with E-state index >= 15 is 0 Å². The van der Waals surface area contributed by atoms with Gasteiger partial charge < -0.3 is 10.1 Å². The number of anilines is 1. The van der Waals surface area contributed by atoms with Crippen LogP contribution in [0.5, 0.6) is 5.88 Å². The summed E-state index contributed by atoms with van der Waals surface area (Å²) in [6.45, 7) is 5.33. The Bertz CT molecular complexity index is 320. The molecule has 1 aromatic rings. The molecule has 1 rings (SSSR count). The van der Waals surface area contributed by atoms with Gasteiger partial charge in [0.15, 0.2) is 0 Å². The molecule has 0 spiro atoms. The zero-order valence-electron chi connectivity index (χ0n) is 9.79. The van der Waals surface area contributed by atoms with Crippen LogP contribution >= 0.6 is 0 Å². The molecule has 0 fully saturated rings. The fourth-order valence-corrected chi connectivity index (χ4v) is 1.09. The van der Waals surface area contributed by atoms with Crippen molar-refractivity contribution in [3.05, 3.63) is 12.0 Å². The second-order valence-corrected chi connectivity index (χ2v) is 3.48. The van der Waals surface area contributed by atoms with E-state index in [0.29, 0.717) is 12.6 Å². The third-order valence-electron chi connectivity index (χ3n) is 1.98. The smallest absolute Gasteiger partial charge is 0.255 e. The van der Waals surface area contributed by atoms with Gasteiger partial charge in [-0.3, -0.25) is 0 Å². The third kappa shape index (κ3) is 4.00. The molecule has 0 aliphatic heterocycles. The number of nitrogens with zero attached hydrogens (tertiary/aromatic N) is 2. The van der Waals surface area contributed by atoms with Crippen LogP contribution in [0.4, 0.5) is 10.3 Å². The summed E-state index contributed by atoms with van der Waals surface area (Å²) >= 11 is 0. The normalized spacial score (nSPS) is 10.2. The fraction of sp³-hybridized carbons (Fsp3) is 0.636. The van der Waals surface area contributed by atoms with Crippen LogP contribution < -0.4 is 10.1 Å². The molecule has 0 saturated carbocycles. The molecule has 0 unspecified atom stereocenters. The van der Waals surface area contributed by atoms with E-state index in [1.807, 2.05) is 13.8 Å². The zero-order valence-corrected chi connectivity index (χ0v) is 9.79. The summed E-state index contributed by atoms with van der Waals surface area (Å²) in [6.07, 6.45) is 3.99. The van der Waals surface area contributed by atoms with E-state index in [4.69, 9.17) is 4.74 Å². The third-order valence-corrected chi connectivity index (χ3v) is 1.98. The number of halogens is 1. The highest BCUT2D eigenvalue weighted by atomic mass is 19.1. The van der Waals surface area contributed by atoms with Crippen molar-refractivity contribution in [2.24, 2.45) is 0 Å². The van der Waals surface area contributed by atoms with Gasteiger partial charge in [-0.05, 0) is 12.8 Å². The van der Waals surface area contributed by atoms with Crippen LogP contribution in [-0.4, -0.2) is 23.1 Å². The van der Waals surface area contributed by atoms with Crippen LogP contribution in [0, 0.1) is 5.82 Å². The van der Waals surface area contributed by atoms with Gasteiger partial charge in [0, 0.05) is 6.54 Å². The molecule has 1 N–H and O–H groups in total. The first kappa shape index (κ1) is 12.7. The summed E-state index contributed by atoms with van der Waals surface area (Å²) in [5, 5.41) is 2.98. The van der Waals surface area contributed by atoms with Crippen LogP contribution in [0.25, 0.3) is 0 Å². The standard InChI is InChI=1S/C11H18FN3O/c1-3-5-7-16-10-9(12)8-14-11(15-10)13-6-4-2/h8H,3-7H2,1-2H3,(H,13,14,15). The number of aromatic nitrogens is 2. The molecule has 0 aliphatic rings. The first-order valence-corrected chi connectivity index (χ1v) is 5.67. The average molecular weight is 227 g/mol. The Kier molecular flexibility index (Phi) is 5.53. The summed E-state index contributed by atoms with van der Waals surface area (Å²) in [7, 11) is 0. The number of rotatable bonds is 7. The van der Waals surface area contributed by atoms with E-state index < -0.39 is 5.82 Å². The van der Waals surface area contributed by atoms with E-state index in [9.17, 15) is 4.39 Å². The largest absolute Gasteiger partial charge is 0.475 e. The highest BCUT2D eigenvalue weighted by molar-refractivity contribution is 5.28. The van der Waals surface area contributed by atoms with E-state index in [-0.39, 0.29) is 5.88 Å². The average Bonchev–Trinajstić information content (AvgIpc) is 2.30. The van der Waals surface area contributed by atoms with Crippen molar-refractivity contribution in [3.63, 3.8) is 0 Å². The van der Waals surface area contributed by atoms with Gasteiger partial charge in [-0.2, -0.15) is 9.37 Å². The van der Waals surface area contributed by atoms with Gasteiger partial charge in [-0.1, -0.05) is 20.3 Å². The Morgan fingerprint density at radius 2 is 2.19 bits per heavy atom. The maximum absolute atomic E-state index is 13.2.